The molecule has 0 fully saturated rings. The second-order valence-electron chi connectivity index (χ2n) is 8.08. The summed E-state index contributed by atoms with van der Waals surface area (Å²) in [5.74, 6) is 1.46. The predicted molar refractivity (Wildman–Crippen MR) is 128 cm³/mol. The third-order valence-electron chi connectivity index (χ3n) is 5.58. The van der Waals surface area contributed by atoms with Crippen molar-refractivity contribution in [3.8, 4) is 0 Å². The maximum atomic E-state index is 13.1. The molecule has 8 nitrogen and oxygen atoms in total. The lowest BCUT2D eigenvalue weighted by Gasteiger charge is -2.13. The van der Waals surface area contributed by atoms with E-state index in [1.54, 1.807) is 4.57 Å². The van der Waals surface area contributed by atoms with Crippen molar-refractivity contribution in [2.24, 2.45) is 4.99 Å². The SMILES string of the molecule is CCCCCn1c2c(c(=O)n(CCCc3nc(Cc4ccc(Cl)cc4)no3)c1=O)CC(Cl)=N2. The van der Waals surface area contributed by atoms with Crippen molar-refractivity contribution in [3.05, 3.63) is 73.0 Å². The van der Waals surface area contributed by atoms with Crippen LogP contribution in [0.15, 0.2) is 43.4 Å². The summed E-state index contributed by atoms with van der Waals surface area (Å²) in [6.45, 7) is 2.87. The number of nitrogens with zero attached hydrogens (tertiary/aromatic N) is 5. The van der Waals surface area contributed by atoms with Crippen LogP contribution in [0.1, 0.15) is 55.4 Å². The first-order valence-electron chi connectivity index (χ1n) is 11.1. The van der Waals surface area contributed by atoms with Crippen molar-refractivity contribution in [3.63, 3.8) is 0 Å². The molecule has 10 heteroatoms. The summed E-state index contributed by atoms with van der Waals surface area (Å²) in [7, 11) is 0. The van der Waals surface area contributed by atoms with Crippen LogP contribution in [0.25, 0.3) is 0 Å². The zero-order valence-electron chi connectivity index (χ0n) is 18.4. The zero-order chi connectivity index (χ0) is 23.4. The van der Waals surface area contributed by atoms with Gasteiger partial charge in [-0.2, -0.15) is 4.98 Å². The average Bonchev–Trinajstić information content (AvgIpc) is 3.41. The van der Waals surface area contributed by atoms with Crippen LogP contribution in [0.2, 0.25) is 5.02 Å². The Labute approximate surface area is 200 Å². The summed E-state index contributed by atoms with van der Waals surface area (Å²) in [5.41, 5.74) is 0.842. The Kier molecular flexibility index (Phi) is 7.45. The van der Waals surface area contributed by atoms with Gasteiger partial charge in [0.05, 0.1) is 5.56 Å². The number of aliphatic imine (C=N–C) groups is 1. The van der Waals surface area contributed by atoms with Gasteiger partial charge in [0.15, 0.2) is 5.82 Å². The van der Waals surface area contributed by atoms with Gasteiger partial charge in [0, 0.05) is 37.4 Å². The molecular formula is C23H25Cl2N5O3. The van der Waals surface area contributed by atoms with E-state index in [1.165, 1.54) is 4.57 Å². The van der Waals surface area contributed by atoms with Crippen molar-refractivity contribution in [2.75, 3.05) is 0 Å². The number of benzene rings is 1. The molecular weight excluding hydrogens is 465 g/mol. The molecule has 33 heavy (non-hydrogen) atoms. The molecule has 0 saturated heterocycles. The van der Waals surface area contributed by atoms with E-state index in [1.807, 2.05) is 24.3 Å². The molecule has 0 bridgehead atoms. The Balaban J connectivity index is 1.45. The second kappa shape index (κ2) is 10.5. The molecule has 0 amide bonds. The molecule has 174 valence electrons. The van der Waals surface area contributed by atoms with E-state index in [2.05, 4.69) is 22.1 Å². The van der Waals surface area contributed by atoms with E-state index in [-0.39, 0.29) is 24.2 Å². The summed E-state index contributed by atoms with van der Waals surface area (Å²) in [6.07, 6.45) is 4.64. The number of fused-ring (bicyclic) bond motifs is 1. The lowest BCUT2D eigenvalue weighted by Crippen LogP contribution is -2.41. The first kappa shape index (κ1) is 23.4. The van der Waals surface area contributed by atoms with Crippen LogP contribution in [-0.4, -0.2) is 24.4 Å². The fourth-order valence-corrected chi connectivity index (χ4v) is 4.22. The predicted octanol–water partition coefficient (Wildman–Crippen LogP) is 4.29. The summed E-state index contributed by atoms with van der Waals surface area (Å²) >= 11 is 12.0. The normalized spacial score (nSPS) is 12.8. The summed E-state index contributed by atoms with van der Waals surface area (Å²) in [6, 6.07) is 7.47. The van der Waals surface area contributed by atoms with Gasteiger partial charge in [0.25, 0.3) is 5.56 Å². The number of rotatable bonds is 10. The third-order valence-corrected chi connectivity index (χ3v) is 6.05. The highest BCUT2D eigenvalue weighted by Gasteiger charge is 2.24. The number of aryl methyl sites for hydroxylation is 1. The molecule has 0 N–H and O–H groups in total. The van der Waals surface area contributed by atoms with Gasteiger partial charge in [-0.3, -0.25) is 13.9 Å². The van der Waals surface area contributed by atoms with Crippen molar-refractivity contribution >= 4 is 34.2 Å². The lowest BCUT2D eigenvalue weighted by atomic mass is 10.1. The highest BCUT2D eigenvalue weighted by Crippen LogP contribution is 2.24. The minimum atomic E-state index is -0.348. The van der Waals surface area contributed by atoms with Gasteiger partial charge in [0.2, 0.25) is 5.89 Å². The zero-order valence-corrected chi connectivity index (χ0v) is 19.9. The van der Waals surface area contributed by atoms with Crippen molar-refractivity contribution in [1.82, 2.24) is 19.3 Å². The molecule has 1 aliphatic heterocycles. The third kappa shape index (κ3) is 5.45. The summed E-state index contributed by atoms with van der Waals surface area (Å²) in [4.78, 5) is 34.7. The molecule has 0 saturated carbocycles. The van der Waals surface area contributed by atoms with Crippen LogP contribution in [0.5, 0.6) is 0 Å². The van der Waals surface area contributed by atoms with Crippen LogP contribution in [0, 0.1) is 0 Å². The van der Waals surface area contributed by atoms with E-state index < -0.39 is 0 Å². The van der Waals surface area contributed by atoms with Gasteiger partial charge >= 0.3 is 5.69 Å². The smallest absolute Gasteiger partial charge is 0.332 e. The molecule has 3 aromatic rings. The van der Waals surface area contributed by atoms with Crippen LogP contribution in [0.4, 0.5) is 5.82 Å². The van der Waals surface area contributed by atoms with Gasteiger partial charge in [-0.05, 0) is 30.5 Å². The van der Waals surface area contributed by atoms with Gasteiger partial charge in [-0.15, -0.1) is 0 Å². The fourth-order valence-electron chi connectivity index (χ4n) is 3.88. The molecule has 1 aliphatic rings. The second-order valence-corrected chi connectivity index (χ2v) is 8.95. The van der Waals surface area contributed by atoms with Crippen LogP contribution in [-0.2, 0) is 32.4 Å². The first-order chi connectivity index (χ1) is 16.0. The number of hydrogen-bond acceptors (Lipinski definition) is 6. The van der Waals surface area contributed by atoms with E-state index >= 15 is 0 Å². The molecule has 3 heterocycles. The van der Waals surface area contributed by atoms with Gasteiger partial charge in [-0.25, -0.2) is 9.79 Å². The van der Waals surface area contributed by atoms with Crippen LogP contribution < -0.4 is 11.2 Å². The minimum absolute atomic E-state index is 0.255. The van der Waals surface area contributed by atoms with E-state index in [0.29, 0.717) is 59.1 Å². The highest BCUT2D eigenvalue weighted by atomic mass is 35.5. The number of halogens is 2. The Morgan fingerprint density at radius 2 is 1.79 bits per heavy atom. The molecule has 0 unspecified atom stereocenters. The molecule has 0 radical (unpaired) electrons. The molecule has 0 aliphatic carbocycles. The van der Waals surface area contributed by atoms with E-state index in [9.17, 15) is 9.59 Å². The number of hydrogen-bond donors (Lipinski definition) is 0. The van der Waals surface area contributed by atoms with Crippen molar-refractivity contribution in [2.45, 2.75) is 65.0 Å². The van der Waals surface area contributed by atoms with Gasteiger partial charge in [0.1, 0.15) is 11.0 Å². The Morgan fingerprint density at radius 1 is 1.03 bits per heavy atom. The minimum Gasteiger partial charge on any atom is -0.339 e. The lowest BCUT2D eigenvalue weighted by molar-refractivity contribution is 0.366. The maximum Gasteiger partial charge on any atom is 0.332 e. The molecule has 0 atom stereocenters. The van der Waals surface area contributed by atoms with Crippen LogP contribution in [0.3, 0.4) is 0 Å². The highest BCUT2D eigenvalue weighted by molar-refractivity contribution is 6.66. The number of aromatic nitrogens is 4. The maximum absolute atomic E-state index is 13.1. The summed E-state index contributed by atoms with van der Waals surface area (Å²) < 4.78 is 8.20. The Bertz CT molecular complexity index is 1270. The monoisotopic (exact) mass is 489 g/mol. The fraction of sp³-hybridized carbons (Fsp3) is 0.435. The van der Waals surface area contributed by atoms with E-state index in [4.69, 9.17) is 27.7 Å². The number of unbranched alkanes of at least 4 members (excludes halogenated alkanes) is 2. The molecule has 1 aromatic carbocycles. The standard InChI is InChI=1S/C23H25Cl2N5O3/c1-2-3-4-11-29-21-17(14-18(25)26-21)22(31)30(23(29)32)12-5-6-20-27-19(28-33-20)13-15-7-9-16(24)10-8-15/h7-10H,2-6,11-14H2,1H3. The summed E-state index contributed by atoms with van der Waals surface area (Å²) in [5, 5.41) is 5.03. The van der Waals surface area contributed by atoms with Gasteiger partial charge in [-0.1, -0.05) is 60.3 Å². The quantitative estimate of drug-likeness (QED) is 0.396. The molecule has 4 rings (SSSR count). The van der Waals surface area contributed by atoms with Crippen LogP contribution >= 0.6 is 23.2 Å². The van der Waals surface area contributed by atoms with Gasteiger partial charge < -0.3 is 4.52 Å². The average molecular weight is 490 g/mol. The van der Waals surface area contributed by atoms with Crippen molar-refractivity contribution in [1.29, 1.82) is 0 Å². The Hall–Kier alpha value is -2.71. The first-order valence-corrected chi connectivity index (χ1v) is 11.9. The topological polar surface area (TPSA) is 95.3 Å². The van der Waals surface area contributed by atoms with E-state index in [0.717, 1.165) is 24.8 Å². The molecule has 2 aromatic heterocycles. The molecule has 0 spiro atoms. The van der Waals surface area contributed by atoms with Crippen molar-refractivity contribution < 1.29 is 4.52 Å². The largest absolute Gasteiger partial charge is 0.339 e. The Morgan fingerprint density at radius 3 is 2.55 bits per heavy atom.